The molecule has 6 heteroatoms. The second-order valence-corrected chi connectivity index (χ2v) is 4.82. The lowest BCUT2D eigenvalue weighted by atomic mass is 10.2. The molecule has 2 rings (SSSR count). The highest BCUT2D eigenvalue weighted by atomic mass is 19.1. The van der Waals surface area contributed by atoms with E-state index in [4.69, 9.17) is 0 Å². The molecular formula is C15H17FN2O3. The van der Waals surface area contributed by atoms with Crippen LogP contribution in [0, 0.1) is 5.82 Å². The number of halogens is 1. The first-order valence-corrected chi connectivity index (χ1v) is 6.62. The van der Waals surface area contributed by atoms with Gasteiger partial charge in [0.15, 0.2) is 0 Å². The van der Waals surface area contributed by atoms with Crippen molar-refractivity contribution in [2.45, 2.75) is 12.8 Å². The summed E-state index contributed by atoms with van der Waals surface area (Å²) < 4.78 is 17.7. The van der Waals surface area contributed by atoms with Crippen molar-refractivity contribution in [2.75, 3.05) is 20.7 Å². The number of carbonyl (C=O) groups is 2. The molecule has 1 N–H and O–H groups in total. The molecule has 1 amide bonds. The zero-order valence-corrected chi connectivity index (χ0v) is 12.0. The minimum atomic E-state index is -0.341. The van der Waals surface area contributed by atoms with Crippen molar-refractivity contribution in [1.29, 1.82) is 0 Å². The Labute approximate surface area is 121 Å². The largest absolute Gasteiger partial charge is 0.469 e. The Morgan fingerprint density at radius 2 is 2.10 bits per heavy atom. The zero-order valence-electron chi connectivity index (χ0n) is 12.0. The number of hydrogen-bond donors (Lipinski definition) is 1. The number of H-pyrrole nitrogens is 1. The van der Waals surface area contributed by atoms with Gasteiger partial charge in [0.25, 0.3) is 5.91 Å². The summed E-state index contributed by atoms with van der Waals surface area (Å²) in [6.45, 7) is 0.442. The average Bonchev–Trinajstić information content (AvgIpc) is 2.88. The molecule has 5 nitrogen and oxygen atoms in total. The van der Waals surface area contributed by atoms with Crippen LogP contribution in [0.4, 0.5) is 4.39 Å². The molecule has 21 heavy (non-hydrogen) atoms. The van der Waals surface area contributed by atoms with Gasteiger partial charge in [-0.2, -0.15) is 0 Å². The number of nitrogens with zero attached hydrogens (tertiary/aromatic N) is 1. The van der Waals surface area contributed by atoms with Gasteiger partial charge in [0.05, 0.1) is 7.11 Å². The van der Waals surface area contributed by atoms with Crippen LogP contribution in [0.3, 0.4) is 0 Å². The number of ether oxygens (including phenoxy) is 1. The quantitative estimate of drug-likeness (QED) is 0.860. The maximum Gasteiger partial charge on any atom is 0.305 e. The number of amides is 1. The Morgan fingerprint density at radius 3 is 2.81 bits per heavy atom. The van der Waals surface area contributed by atoms with E-state index >= 15 is 0 Å². The molecule has 1 aromatic heterocycles. The summed E-state index contributed by atoms with van der Waals surface area (Å²) in [7, 11) is 2.99. The van der Waals surface area contributed by atoms with Crippen LogP contribution in [0.1, 0.15) is 23.3 Å². The number of methoxy groups -OCH3 is 1. The minimum absolute atomic E-state index is 0.198. The van der Waals surface area contributed by atoms with Gasteiger partial charge in [0, 0.05) is 30.9 Å². The van der Waals surface area contributed by atoms with Gasteiger partial charge in [-0.3, -0.25) is 9.59 Å². The van der Waals surface area contributed by atoms with Gasteiger partial charge in [-0.25, -0.2) is 4.39 Å². The smallest absolute Gasteiger partial charge is 0.305 e. The first kappa shape index (κ1) is 15.0. The van der Waals surface area contributed by atoms with Crippen LogP contribution >= 0.6 is 0 Å². The topological polar surface area (TPSA) is 62.4 Å². The molecule has 0 aliphatic carbocycles. The number of hydrogen-bond acceptors (Lipinski definition) is 3. The van der Waals surface area contributed by atoms with Gasteiger partial charge in [0.1, 0.15) is 11.5 Å². The number of carbonyl (C=O) groups excluding carboxylic acids is 2. The van der Waals surface area contributed by atoms with E-state index in [0.29, 0.717) is 29.6 Å². The molecule has 0 unspecified atom stereocenters. The Balaban J connectivity index is 2.02. The van der Waals surface area contributed by atoms with E-state index < -0.39 is 0 Å². The molecule has 0 saturated heterocycles. The van der Waals surface area contributed by atoms with E-state index in [1.807, 2.05) is 0 Å². The molecule has 1 aromatic carbocycles. The summed E-state index contributed by atoms with van der Waals surface area (Å²) in [5.74, 6) is -0.833. The molecule has 1 heterocycles. The SMILES string of the molecule is COC(=O)CCCN(C)C(=O)c1cc2cc(F)ccc2[nH]1. The highest BCUT2D eigenvalue weighted by Gasteiger charge is 2.15. The number of nitrogens with one attached hydrogen (secondary N) is 1. The van der Waals surface area contributed by atoms with Crippen LogP contribution in [0.25, 0.3) is 10.9 Å². The summed E-state index contributed by atoms with van der Waals surface area (Å²) in [5, 5.41) is 0.654. The van der Waals surface area contributed by atoms with Gasteiger partial charge >= 0.3 is 5.97 Å². The molecular weight excluding hydrogens is 275 g/mol. The Kier molecular flexibility index (Phi) is 4.57. The number of aromatic nitrogens is 1. The van der Waals surface area contributed by atoms with E-state index in [1.165, 1.54) is 24.1 Å². The molecule has 0 aliphatic heterocycles. The molecule has 0 atom stereocenters. The average molecular weight is 292 g/mol. The van der Waals surface area contributed by atoms with E-state index in [2.05, 4.69) is 9.72 Å². The molecule has 0 saturated carbocycles. The molecule has 112 valence electrons. The van der Waals surface area contributed by atoms with E-state index in [-0.39, 0.29) is 24.1 Å². The Bertz CT molecular complexity index is 666. The molecule has 0 fully saturated rings. The lowest BCUT2D eigenvalue weighted by molar-refractivity contribution is -0.140. The highest BCUT2D eigenvalue weighted by Crippen LogP contribution is 2.17. The number of esters is 1. The van der Waals surface area contributed by atoms with Crippen LogP contribution in [0.2, 0.25) is 0 Å². The van der Waals surface area contributed by atoms with E-state index in [0.717, 1.165) is 0 Å². The number of fused-ring (bicyclic) bond motifs is 1. The molecule has 0 bridgehead atoms. The second kappa shape index (κ2) is 6.39. The molecule has 0 spiro atoms. The lowest BCUT2D eigenvalue weighted by Gasteiger charge is -2.15. The van der Waals surface area contributed by atoms with E-state index in [9.17, 15) is 14.0 Å². The summed E-state index contributed by atoms with van der Waals surface area (Å²) in [4.78, 5) is 27.7. The lowest BCUT2D eigenvalue weighted by Crippen LogP contribution is -2.28. The summed E-state index contributed by atoms with van der Waals surface area (Å²) in [5.41, 5.74) is 1.11. The highest BCUT2D eigenvalue weighted by molar-refractivity contribution is 5.97. The second-order valence-electron chi connectivity index (χ2n) is 4.82. The number of benzene rings is 1. The third-order valence-corrected chi connectivity index (χ3v) is 3.26. The Morgan fingerprint density at radius 1 is 1.33 bits per heavy atom. The van der Waals surface area contributed by atoms with Crippen LogP contribution < -0.4 is 0 Å². The van der Waals surface area contributed by atoms with Gasteiger partial charge in [-0.05, 0) is 30.7 Å². The molecule has 2 aromatic rings. The van der Waals surface area contributed by atoms with Gasteiger partial charge in [-0.1, -0.05) is 0 Å². The van der Waals surface area contributed by atoms with Crippen LogP contribution in [-0.4, -0.2) is 42.5 Å². The summed E-state index contributed by atoms with van der Waals surface area (Å²) >= 11 is 0. The van der Waals surface area contributed by atoms with Crippen molar-refractivity contribution in [3.8, 4) is 0 Å². The van der Waals surface area contributed by atoms with Gasteiger partial charge < -0.3 is 14.6 Å². The van der Waals surface area contributed by atoms with E-state index in [1.54, 1.807) is 19.2 Å². The summed E-state index contributed by atoms with van der Waals surface area (Å²) in [6.07, 6.45) is 0.801. The normalized spacial score (nSPS) is 10.6. The van der Waals surface area contributed by atoms with Crippen molar-refractivity contribution >= 4 is 22.8 Å². The monoisotopic (exact) mass is 292 g/mol. The Hall–Kier alpha value is -2.37. The zero-order chi connectivity index (χ0) is 15.4. The fourth-order valence-electron chi connectivity index (χ4n) is 2.09. The number of rotatable bonds is 5. The maximum atomic E-state index is 13.1. The van der Waals surface area contributed by atoms with Crippen molar-refractivity contribution in [1.82, 2.24) is 9.88 Å². The predicted molar refractivity (Wildman–Crippen MR) is 76.5 cm³/mol. The van der Waals surface area contributed by atoms with Crippen LogP contribution in [-0.2, 0) is 9.53 Å². The van der Waals surface area contributed by atoms with Gasteiger partial charge in [0.2, 0.25) is 0 Å². The fourth-order valence-corrected chi connectivity index (χ4v) is 2.09. The van der Waals surface area contributed by atoms with Crippen LogP contribution in [0.15, 0.2) is 24.3 Å². The standard InChI is InChI=1S/C15H17FN2O3/c1-18(7-3-4-14(19)21-2)15(20)13-9-10-8-11(16)5-6-12(10)17-13/h5-6,8-9,17H,3-4,7H2,1-2H3. The molecule has 0 radical (unpaired) electrons. The van der Waals surface area contributed by atoms with Crippen molar-refractivity contribution in [3.05, 3.63) is 35.8 Å². The van der Waals surface area contributed by atoms with Crippen molar-refractivity contribution < 1.29 is 18.7 Å². The van der Waals surface area contributed by atoms with Gasteiger partial charge in [-0.15, -0.1) is 0 Å². The van der Waals surface area contributed by atoms with Crippen LogP contribution in [0.5, 0.6) is 0 Å². The third-order valence-electron chi connectivity index (χ3n) is 3.26. The van der Waals surface area contributed by atoms with Crippen molar-refractivity contribution in [2.24, 2.45) is 0 Å². The first-order valence-electron chi connectivity index (χ1n) is 6.62. The molecule has 0 aliphatic rings. The van der Waals surface area contributed by atoms with Crippen molar-refractivity contribution in [3.63, 3.8) is 0 Å². The fraction of sp³-hybridized carbons (Fsp3) is 0.333. The first-order chi connectivity index (χ1) is 10.0. The predicted octanol–water partition coefficient (Wildman–Crippen LogP) is 2.33. The maximum absolute atomic E-state index is 13.1. The number of aromatic amines is 1. The minimum Gasteiger partial charge on any atom is -0.469 e. The summed E-state index contributed by atoms with van der Waals surface area (Å²) in [6, 6.07) is 5.93. The third kappa shape index (κ3) is 3.59.